The Bertz CT molecular complexity index is 1140. The number of nitro groups is 1. The minimum atomic E-state index is -0.425. The molecule has 0 aliphatic carbocycles. The van der Waals surface area contributed by atoms with Gasteiger partial charge in [0.25, 0.3) is 11.6 Å². The Labute approximate surface area is 176 Å². The normalized spacial score (nSPS) is 13.3. The molecule has 0 atom stereocenters. The predicted octanol–water partition coefficient (Wildman–Crippen LogP) is 1.77. The van der Waals surface area contributed by atoms with Crippen LogP contribution >= 0.6 is 11.8 Å². The maximum Gasteiger partial charge on any atom is 0.271 e. The fourth-order valence-electron chi connectivity index (χ4n) is 3.50. The van der Waals surface area contributed by atoms with Gasteiger partial charge < -0.3 is 10.7 Å². The molecule has 0 unspecified atom stereocenters. The lowest BCUT2D eigenvalue weighted by atomic mass is 10.0. The van der Waals surface area contributed by atoms with Gasteiger partial charge in [0.15, 0.2) is 0 Å². The lowest BCUT2D eigenvalue weighted by molar-refractivity contribution is -0.384. The highest BCUT2D eigenvalue weighted by atomic mass is 32.2. The summed E-state index contributed by atoms with van der Waals surface area (Å²) in [6, 6.07) is 6.51. The molecule has 156 valence electrons. The molecular weight excluding hydrogens is 408 g/mol. The van der Waals surface area contributed by atoms with E-state index in [9.17, 15) is 14.9 Å². The third kappa shape index (κ3) is 3.61. The number of fused-ring (bicyclic) bond motifs is 1. The van der Waals surface area contributed by atoms with Gasteiger partial charge in [-0.15, -0.1) is 10.2 Å². The molecule has 0 radical (unpaired) electrons. The number of amides is 1. The molecule has 11 nitrogen and oxygen atoms in total. The zero-order valence-electron chi connectivity index (χ0n) is 16.5. The van der Waals surface area contributed by atoms with Crippen molar-refractivity contribution >= 4 is 29.0 Å². The molecule has 0 saturated carbocycles. The molecule has 0 spiro atoms. The number of nitrogens with zero attached hydrogens (tertiary/aromatic N) is 7. The number of thioether (sulfide) groups is 1. The Morgan fingerprint density at radius 1 is 1.30 bits per heavy atom. The van der Waals surface area contributed by atoms with Gasteiger partial charge in [-0.05, 0) is 44.4 Å². The molecule has 2 aromatic heterocycles. The van der Waals surface area contributed by atoms with Crippen molar-refractivity contribution < 1.29 is 9.72 Å². The van der Waals surface area contributed by atoms with Crippen molar-refractivity contribution in [2.75, 3.05) is 23.0 Å². The zero-order valence-corrected chi connectivity index (χ0v) is 17.3. The molecule has 2 N–H and O–H groups in total. The fourth-order valence-corrected chi connectivity index (χ4v) is 4.23. The van der Waals surface area contributed by atoms with Crippen LogP contribution in [0.2, 0.25) is 0 Å². The number of carbonyl (C=O) groups is 1. The van der Waals surface area contributed by atoms with Crippen LogP contribution in [0.1, 0.15) is 23.4 Å². The third-order valence-electron chi connectivity index (χ3n) is 4.86. The summed E-state index contributed by atoms with van der Waals surface area (Å²) in [6.07, 6.45) is 1.46. The van der Waals surface area contributed by atoms with Crippen LogP contribution in [-0.4, -0.2) is 47.8 Å². The first kappa shape index (κ1) is 19.9. The molecule has 12 heteroatoms. The average Bonchev–Trinajstić information content (AvgIpc) is 3.25. The summed E-state index contributed by atoms with van der Waals surface area (Å²) in [5.41, 5.74) is 3.27. The van der Waals surface area contributed by atoms with Crippen LogP contribution in [-0.2, 0) is 11.2 Å². The highest BCUT2D eigenvalue weighted by molar-refractivity contribution is 7.99. The van der Waals surface area contributed by atoms with Crippen molar-refractivity contribution in [3.8, 4) is 5.95 Å². The number of rotatable bonds is 5. The molecule has 1 aromatic carbocycles. The van der Waals surface area contributed by atoms with Crippen molar-refractivity contribution in [2.24, 2.45) is 0 Å². The van der Waals surface area contributed by atoms with Gasteiger partial charge in [0, 0.05) is 30.1 Å². The smallest absolute Gasteiger partial charge is 0.271 e. The molecule has 1 aliphatic heterocycles. The maximum atomic E-state index is 12.9. The summed E-state index contributed by atoms with van der Waals surface area (Å²) in [6.45, 7) is 4.33. The van der Waals surface area contributed by atoms with Gasteiger partial charge >= 0.3 is 0 Å². The largest absolute Gasteiger partial charge is 0.334 e. The van der Waals surface area contributed by atoms with Crippen molar-refractivity contribution in [2.45, 2.75) is 31.8 Å². The van der Waals surface area contributed by atoms with Crippen LogP contribution in [0.5, 0.6) is 0 Å². The van der Waals surface area contributed by atoms with Crippen LogP contribution in [0.4, 0.5) is 11.4 Å². The SMILES string of the molecule is Cc1cc(C)n(-c2nnc(SCC(=O)N3CCCc4cc([N+](=O)[O-])ccc43)n2N)n1. The second kappa shape index (κ2) is 7.78. The number of carbonyl (C=O) groups excluding carboxylic acids is 1. The van der Waals surface area contributed by atoms with E-state index >= 15 is 0 Å². The Morgan fingerprint density at radius 2 is 2.10 bits per heavy atom. The van der Waals surface area contributed by atoms with Crippen molar-refractivity contribution in [3.63, 3.8) is 0 Å². The van der Waals surface area contributed by atoms with Gasteiger partial charge in [0.2, 0.25) is 11.1 Å². The molecule has 3 heterocycles. The quantitative estimate of drug-likeness (QED) is 0.281. The highest BCUT2D eigenvalue weighted by Gasteiger charge is 2.25. The van der Waals surface area contributed by atoms with Gasteiger partial charge in [0.1, 0.15) is 0 Å². The predicted molar refractivity (Wildman–Crippen MR) is 111 cm³/mol. The van der Waals surface area contributed by atoms with E-state index in [-0.39, 0.29) is 17.3 Å². The van der Waals surface area contributed by atoms with E-state index in [0.717, 1.165) is 29.1 Å². The number of aromatic nitrogens is 5. The van der Waals surface area contributed by atoms with Gasteiger partial charge in [0.05, 0.1) is 16.4 Å². The van der Waals surface area contributed by atoms with Crippen LogP contribution in [0, 0.1) is 24.0 Å². The van der Waals surface area contributed by atoms with Crippen LogP contribution < -0.4 is 10.7 Å². The van der Waals surface area contributed by atoms with Gasteiger partial charge in [-0.2, -0.15) is 5.10 Å². The minimum Gasteiger partial charge on any atom is -0.334 e. The van der Waals surface area contributed by atoms with Gasteiger partial charge in [-0.25, -0.2) is 9.36 Å². The van der Waals surface area contributed by atoms with E-state index in [1.165, 1.54) is 22.5 Å². The number of nitrogens with two attached hydrogens (primary N) is 1. The Morgan fingerprint density at radius 3 is 2.80 bits per heavy atom. The van der Waals surface area contributed by atoms with E-state index in [1.807, 2.05) is 19.9 Å². The van der Waals surface area contributed by atoms with Crippen LogP contribution in [0.25, 0.3) is 5.95 Å². The first-order valence-corrected chi connectivity index (χ1v) is 10.3. The maximum absolute atomic E-state index is 12.9. The molecule has 3 aromatic rings. The first-order chi connectivity index (χ1) is 14.3. The number of benzene rings is 1. The van der Waals surface area contributed by atoms with Gasteiger partial charge in [-0.1, -0.05) is 11.8 Å². The summed E-state index contributed by atoms with van der Waals surface area (Å²) in [5.74, 6) is 6.48. The average molecular weight is 428 g/mol. The molecule has 0 fully saturated rings. The summed E-state index contributed by atoms with van der Waals surface area (Å²) < 4.78 is 2.91. The first-order valence-electron chi connectivity index (χ1n) is 9.30. The lowest BCUT2D eigenvalue weighted by Crippen LogP contribution is -2.36. The molecule has 1 amide bonds. The molecular formula is C18H20N8O3S. The van der Waals surface area contributed by atoms with E-state index in [1.54, 1.807) is 21.7 Å². The second-order valence-electron chi connectivity index (χ2n) is 7.00. The van der Waals surface area contributed by atoms with E-state index in [4.69, 9.17) is 5.84 Å². The van der Waals surface area contributed by atoms with Crippen molar-refractivity contribution in [1.82, 2.24) is 24.7 Å². The lowest BCUT2D eigenvalue weighted by Gasteiger charge is -2.29. The number of nitrogen functional groups attached to an aromatic ring is 1. The van der Waals surface area contributed by atoms with E-state index in [2.05, 4.69) is 15.3 Å². The highest BCUT2D eigenvalue weighted by Crippen LogP contribution is 2.31. The molecule has 0 bridgehead atoms. The Balaban J connectivity index is 1.49. The summed E-state index contributed by atoms with van der Waals surface area (Å²) in [4.78, 5) is 25.1. The van der Waals surface area contributed by atoms with Crippen LogP contribution in [0.15, 0.2) is 29.4 Å². The van der Waals surface area contributed by atoms with E-state index in [0.29, 0.717) is 24.1 Å². The van der Waals surface area contributed by atoms with Crippen molar-refractivity contribution in [3.05, 3.63) is 51.3 Å². The number of non-ortho nitro benzene ring substituents is 1. The number of anilines is 1. The van der Waals surface area contributed by atoms with E-state index < -0.39 is 4.92 Å². The third-order valence-corrected chi connectivity index (χ3v) is 5.79. The summed E-state index contributed by atoms with van der Waals surface area (Å²) >= 11 is 1.18. The Kier molecular flexibility index (Phi) is 5.16. The van der Waals surface area contributed by atoms with Crippen LogP contribution in [0.3, 0.4) is 0 Å². The number of aryl methyl sites for hydroxylation is 3. The summed E-state index contributed by atoms with van der Waals surface area (Å²) in [5, 5.41) is 23.9. The second-order valence-corrected chi connectivity index (χ2v) is 7.94. The Hall–Kier alpha value is -3.41. The van der Waals surface area contributed by atoms with Gasteiger partial charge in [-0.3, -0.25) is 14.9 Å². The monoisotopic (exact) mass is 428 g/mol. The fraction of sp³-hybridized carbons (Fsp3) is 0.333. The summed E-state index contributed by atoms with van der Waals surface area (Å²) in [7, 11) is 0. The standard InChI is InChI=1S/C18H20N8O3S/c1-11-8-12(2)25(22-11)17-20-21-18(24(17)19)30-10-16(27)23-7-3-4-13-9-14(26(28)29)5-6-15(13)23/h5-6,8-9H,3-4,7,10,19H2,1-2H3. The molecule has 4 rings (SSSR count). The topological polar surface area (TPSA) is 138 Å². The van der Waals surface area contributed by atoms with Crippen molar-refractivity contribution in [1.29, 1.82) is 0 Å². The molecule has 0 saturated heterocycles. The molecule has 30 heavy (non-hydrogen) atoms. The number of nitro benzene ring substituents is 1. The zero-order chi connectivity index (χ0) is 21.4. The number of hydrogen-bond donors (Lipinski definition) is 1. The molecule has 1 aliphatic rings. The number of hydrogen-bond acceptors (Lipinski definition) is 8. The minimum absolute atomic E-state index is 0.0327.